The molecule has 2 N–H and O–H groups in total. The molecule has 0 radical (unpaired) electrons. The van der Waals surface area contributed by atoms with Gasteiger partial charge in [-0.3, -0.25) is 14.9 Å². The second-order valence-corrected chi connectivity index (χ2v) is 6.06. The van der Waals surface area contributed by atoms with E-state index >= 15 is 0 Å². The summed E-state index contributed by atoms with van der Waals surface area (Å²) in [5.74, 6) is 0.590. The lowest BCUT2D eigenvalue weighted by atomic mass is 10.1. The third-order valence-electron chi connectivity index (χ3n) is 3.64. The van der Waals surface area contributed by atoms with Gasteiger partial charge in [0.2, 0.25) is 5.91 Å². The number of carbonyl (C=O) groups is 1. The molecule has 1 saturated heterocycles. The Balaban J connectivity index is 0.00000242. The van der Waals surface area contributed by atoms with Crippen molar-refractivity contribution in [3.63, 3.8) is 0 Å². The summed E-state index contributed by atoms with van der Waals surface area (Å²) < 4.78 is 0.590. The predicted molar refractivity (Wildman–Crippen MR) is 90.4 cm³/mol. The maximum Gasteiger partial charge on any atom is 0.270 e. The predicted octanol–water partition coefficient (Wildman–Crippen LogP) is 2.44. The van der Waals surface area contributed by atoms with Crippen LogP contribution in [0.25, 0.3) is 0 Å². The Morgan fingerprint density at radius 1 is 1.50 bits per heavy atom. The summed E-state index contributed by atoms with van der Waals surface area (Å²) in [6, 6.07) is 4.45. The first kappa shape index (κ1) is 18.9. The Kier molecular flexibility index (Phi) is 7.78. The molecule has 1 amide bonds. The van der Waals surface area contributed by atoms with Crippen molar-refractivity contribution in [1.82, 2.24) is 10.6 Å². The van der Waals surface area contributed by atoms with E-state index < -0.39 is 4.92 Å². The molecule has 8 heteroatoms. The second kappa shape index (κ2) is 9.07. The Labute approximate surface area is 143 Å². The van der Waals surface area contributed by atoms with Gasteiger partial charge in [0, 0.05) is 23.2 Å². The van der Waals surface area contributed by atoms with E-state index in [0.717, 1.165) is 25.1 Å². The van der Waals surface area contributed by atoms with Crippen molar-refractivity contribution in [3.8, 4) is 0 Å². The number of non-ortho nitro benzene ring substituents is 1. The lowest BCUT2D eigenvalue weighted by molar-refractivity contribution is -0.384. The van der Waals surface area contributed by atoms with Crippen LogP contribution in [0.1, 0.15) is 18.4 Å². The number of nitrogens with zero attached hydrogens (tertiary/aromatic N) is 1. The normalized spacial score (nSPS) is 16.9. The zero-order valence-corrected chi connectivity index (χ0v) is 14.4. The lowest BCUT2D eigenvalue weighted by Crippen LogP contribution is -2.27. The molecule has 1 aliphatic rings. The van der Waals surface area contributed by atoms with Crippen LogP contribution in [0.4, 0.5) is 5.69 Å². The third-order valence-corrected chi connectivity index (χ3v) is 4.37. The third kappa shape index (κ3) is 5.55. The van der Waals surface area contributed by atoms with E-state index in [0.29, 0.717) is 16.9 Å². The van der Waals surface area contributed by atoms with Crippen LogP contribution in [-0.2, 0) is 11.2 Å². The fourth-order valence-electron chi connectivity index (χ4n) is 2.41. The van der Waals surface area contributed by atoms with Gasteiger partial charge in [0.1, 0.15) is 0 Å². The minimum Gasteiger partial charge on any atom is -0.356 e. The van der Waals surface area contributed by atoms with Gasteiger partial charge in [-0.05, 0) is 37.4 Å². The van der Waals surface area contributed by atoms with Crippen molar-refractivity contribution >= 4 is 39.9 Å². The Hall–Kier alpha value is -1.18. The van der Waals surface area contributed by atoms with Crippen LogP contribution in [-0.4, -0.2) is 30.5 Å². The zero-order valence-electron chi connectivity index (χ0n) is 12.0. The summed E-state index contributed by atoms with van der Waals surface area (Å²) in [5, 5.41) is 16.9. The van der Waals surface area contributed by atoms with E-state index in [-0.39, 0.29) is 30.4 Å². The summed E-state index contributed by atoms with van der Waals surface area (Å²) in [6.07, 6.45) is 2.38. The molecular formula is C14H19BrClN3O3. The number of nitrogens with one attached hydrogen (secondary N) is 2. The number of carbonyl (C=O) groups excluding carboxylic acids is 1. The molecule has 22 heavy (non-hydrogen) atoms. The van der Waals surface area contributed by atoms with Gasteiger partial charge < -0.3 is 10.6 Å². The lowest BCUT2D eigenvalue weighted by Gasteiger charge is -2.10. The smallest absolute Gasteiger partial charge is 0.270 e. The number of halogens is 2. The Morgan fingerprint density at radius 3 is 2.86 bits per heavy atom. The fourth-order valence-corrected chi connectivity index (χ4v) is 2.91. The molecule has 1 aromatic rings. The molecule has 0 spiro atoms. The molecule has 0 bridgehead atoms. The van der Waals surface area contributed by atoms with Gasteiger partial charge in [0.15, 0.2) is 0 Å². The highest BCUT2D eigenvalue weighted by atomic mass is 79.9. The summed E-state index contributed by atoms with van der Waals surface area (Å²) >= 11 is 3.27. The van der Waals surface area contributed by atoms with Crippen molar-refractivity contribution in [1.29, 1.82) is 0 Å². The van der Waals surface area contributed by atoms with Crippen molar-refractivity contribution < 1.29 is 9.72 Å². The first-order chi connectivity index (χ1) is 10.1. The summed E-state index contributed by atoms with van der Waals surface area (Å²) in [7, 11) is 0. The Morgan fingerprint density at radius 2 is 2.27 bits per heavy atom. The molecule has 0 saturated carbocycles. The van der Waals surface area contributed by atoms with Crippen molar-refractivity contribution in [3.05, 3.63) is 38.3 Å². The van der Waals surface area contributed by atoms with Crippen LogP contribution in [0, 0.1) is 16.0 Å². The van der Waals surface area contributed by atoms with E-state index in [1.54, 1.807) is 6.07 Å². The topological polar surface area (TPSA) is 84.3 Å². The molecule has 1 heterocycles. The highest BCUT2D eigenvalue weighted by Crippen LogP contribution is 2.23. The highest BCUT2D eigenvalue weighted by molar-refractivity contribution is 9.10. The molecule has 1 aromatic carbocycles. The summed E-state index contributed by atoms with van der Waals surface area (Å²) in [6.45, 7) is 2.77. The van der Waals surface area contributed by atoms with E-state index in [1.807, 2.05) is 0 Å². The van der Waals surface area contributed by atoms with Gasteiger partial charge >= 0.3 is 0 Å². The summed E-state index contributed by atoms with van der Waals surface area (Å²) in [4.78, 5) is 22.1. The Bertz CT molecular complexity index is 536. The van der Waals surface area contributed by atoms with Crippen molar-refractivity contribution in [2.24, 2.45) is 5.92 Å². The molecule has 2 rings (SSSR count). The van der Waals surface area contributed by atoms with Crippen molar-refractivity contribution in [2.45, 2.75) is 19.3 Å². The maximum absolute atomic E-state index is 11.9. The standard InChI is InChI=1S/C14H18BrN3O3.ClH/c15-13-8-12(18(20)21)2-1-11(13)7-14(19)17-6-4-10-3-5-16-9-10;/h1-2,8,10,16H,3-7,9H2,(H,17,19);1H. The van der Waals surface area contributed by atoms with Crippen LogP contribution in [0.15, 0.2) is 22.7 Å². The first-order valence-corrected chi connectivity index (χ1v) is 7.76. The van der Waals surface area contributed by atoms with Crippen LogP contribution >= 0.6 is 28.3 Å². The number of hydrogen-bond donors (Lipinski definition) is 2. The van der Waals surface area contributed by atoms with E-state index in [4.69, 9.17) is 0 Å². The van der Waals surface area contributed by atoms with Gasteiger partial charge in [-0.1, -0.05) is 22.0 Å². The SMILES string of the molecule is Cl.O=C(Cc1ccc([N+](=O)[O-])cc1Br)NCCC1CCNC1. The van der Waals surface area contributed by atoms with Crippen LogP contribution < -0.4 is 10.6 Å². The van der Waals surface area contributed by atoms with Gasteiger partial charge in [-0.2, -0.15) is 0 Å². The van der Waals surface area contributed by atoms with Crippen molar-refractivity contribution in [2.75, 3.05) is 19.6 Å². The minimum absolute atomic E-state index is 0. The van der Waals surface area contributed by atoms with E-state index in [1.165, 1.54) is 18.6 Å². The van der Waals surface area contributed by atoms with Gasteiger partial charge in [0.25, 0.3) is 5.69 Å². The van der Waals surface area contributed by atoms with Crippen LogP contribution in [0.3, 0.4) is 0 Å². The molecule has 0 aliphatic carbocycles. The average Bonchev–Trinajstić information content (AvgIpc) is 2.94. The van der Waals surface area contributed by atoms with Gasteiger partial charge in [0.05, 0.1) is 11.3 Å². The quantitative estimate of drug-likeness (QED) is 0.575. The number of rotatable bonds is 6. The van der Waals surface area contributed by atoms with Gasteiger partial charge in [-0.15, -0.1) is 12.4 Å². The van der Waals surface area contributed by atoms with E-state index in [9.17, 15) is 14.9 Å². The fraction of sp³-hybridized carbons (Fsp3) is 0.500. The monoisotopic (exact) mass is 391 g/mol. The number of benzene rings is 1. The highest BCUT2D eigenvalue weighted by Gasteiger charge is 2.15. The number of nitro benzene ring substituents is 1. The van der Waals surface area contributed by atoms with E-state index in [2.05, 4.69) is 26.6 Å². The number of amides is 1. The molecule has 1 atom stereocenters. The van der Waals surface area contributed by atoms with Crippen LogP contribution in [0.5, 0.6) is 0 Å². The minimum atomic E-state index is -0.454. The largest absolute Gasteiger partial charge is 0.356 e. The second-order valence-electron chi connectivity index (χ2n) is 5.21. The molecule has 6 nitrogen and oxygen atoms in total. The molecular weight excluding hydrogens is 374 g/mol. The molecule has 0 aromatic heterocycles. The zero-order chi connectivity index (χ0) is 15.2. The molecule has 1 aliphatic heterocycles. The number of nitro groups is 1. The first-order valence-electron chi connectivity index (χ1n) is 6.96. The molecule has 1 fully saturated rings. The maximum atomic E-state index is 11.9. The summed E-state index contributed by atoms with van der Waals surface area (Å²) in [5.41, 5.74) is 0.764. The molecule has 1 unspecified atom stereocenters. The van der Waals surface area contributed by atoms with Crippen LogP contribution in [0.2, 0.25) is 0 Å². The van der Waals surface area contributed by atoms with Gasteiger partial charge in [-0.25, -0.2) is 0 Å². The molecule has 122 valence electrons. The number of hydrogen-bond acceptors (Lipinski definition) is 4. The average molecular weight is 393 g/mol.